The lowest BCUT2D eigenvalue weighted by atomic mass is 10.1. The highest BCUT2D eigenvalue weighted by molar-refractivity contribution is 7.99. The van der Waals surface area contributed by atoms with Crippen molar-refractivity contribution in [3.05, 3.63) is 35.6 Å². The van der Waals surface area contributed by atoms with Gasteiger partial charge in [-0.15, -0.1) is 5.10 Å². The van der Waals surface area contributed by atoms with Crippen LogP contribution in [0.15, 0.2) is 29.4 Å². The second kappa shape index (κ2) is 5.72. The molecular weight excluding hydrogens is 255 g/mol. The van der Waals surface area contributed by atoms with E-state index in [0.717, 1.165) is 0 Å². The Bertz CT molecular complexity index is 557. The van der Waals surface area contributed by atoms with Crippen LogP contribution in [0.5, 0.6) is 0 Å². The summed E-state index contributed by atoms with van der Waals surface area (Å²) in [6.45, 7) is 2.53. The van der Waals surface area contributed by atoms with Gasteiger partial charge in [0.2, 0.25) is 5.16 Å². The van der Waals surface area contributed by atoms with Gasteiger partial charge in [0.15, 0.2) is 5.78 Å². The Morgan fingerprint density at radius 3 is 2.94 bits per heavy atom. The maximum absolute atomic E-state index is 13.4. The van der Waals surface area contributed by atoms with E-state index >= 15 is 0 Å². The fourth-order valence-corrected chi connectivity index (χ4v) is 2.22. The highest BCUT2D eigenvalue weighted by Gasteiger charge is 2.13. The van der Waals surface area contributed by atoms with Crippen LogP contribution >= 0.6 is 11.8 Å². The molecule has 0 spiro atoms. The van der Waals surface area contributed by atoms with Crippen molar-refractivity contribution in [2.24, 2.45) is 0 Å². The molecule has 0 saturated carbocycles. The van der Waals surface area contributed by atoms with Crippen LogP contribution in [-0.2, 0) is 6.54 Å². The number of thioether (sulfide) groups is 1. The molecule has 2 rings (SSSR count). The van der Waals surface area contributed by atoms with Crippen LogP contribution in [-0.4, -0.2) is 31.7 Å². The zero-order valence-electron chi connectivity index (χ0n) is 9.71. The number of aromatic nitrogens is 4. The molecule has 1 heterocycles. The third-order valence-electron chi connectivity index (χ3n) is 2.31. The maximum Gasteiger partial charge on any atom is 0.209 e. The minimum absolute atomic E-state index is 0.0977. The Morgan fingerprint density at radius 1 is 1.44 bits per heavy atom. The average Bonchev–Trinajstić information content (AvgIpc) is 2.84. The number of nitrogens with zero attached hydrogens (tertiary/aromatic N) is 4. The minimum atomic E-state index is -0.502. The van der Waals surface area contributed by atoms with Crippen molar-refractivity contribution in [2.75, 3.05) is 5.75 Å². The van der Waals surface area contributed by atoms with Gasteiger partial charge in [0.25, 0.3) is 0 Å². The SMILES string of the molecule is CCn1nnnc1SCC(=O)c1ccccc1F. The topological polar surface area (TPSA) is 60.7 Å². The van der Waals surface area contributed by atoms with E-state index in [2.05, 4.69) is 15.5 Å². The zero-order valence-corrected chi connectivity index (χ0v) is 10.5. The predicted octanol–water partition coefficient (Wildman–Crippen LogP) is 1.81. The van der Waals surface area contributed by atoms with E-state index in [1.165, 1.54) is 23.9 Å². The number of halogens is 1. The van der Waals surface area contributed by atoms with E-state index in [1.807, 2.05) is 6.92 Å². The van der Waals surface area contributed by atoms with Gasteiger partial charge in [-0.2, -0.15) is 0 Å². The van der Waals surface area contributed by atoms with Crippen molar-refractivity contribution in [2.45, 2.75) is 18.6 Å². The molecular formula is C11H11FN4OS. The molecule has 94 valence electrons. The number of ketones is 1. The highest BCUT2D eigenvalue weighted by atomic mass is 32.2. The molecule has 0 fully saturated rings. The Hall–Kier alpha value is -1.76. The molecule has 0 saturated heterocycles. The summed E-state index contributed by atoms with van der Waals surface area (Å²) < 4.78 is 15.0. The van der Waals surface area contributed by atoms with Crippen molar-refractivity contribution in [3.63, 3.8) is 0 Å². The van der Waals surface area contributed by atoms with Gasteiger partial charge in [0, 0.05) is 6.54 Å². The number of carbonyl (C=O) groups is 1. The summed E-state index contributed by atoms with van der Waals surface area (Å²) in [5, 5.41) is 11.6. The first kappa shape index (κ1) is 12.7. The number of hydrogen-bond donors (Lipinski definition) is 0. The fourth-order valence-electron chi connectivity index (χ4n) is 1.39. The van der Waals surface area contributed by atoms with Gasteiger partial charge in [-0.05, 0) is 29.5 Å². The van der Waals surface area contributed by atoms with Gasteiger partial charge in [-0.1, -0.05) is 23.9 Å². The Kier molecular flexibility index (Phi) is 4.03. The number of hydrogen-bond acceptors (Lipinski definition) is 5. The monoisotopic (exact) mass is 266 g/mol. The summed E-state index contributed by atoms with van der Waals surface area (Å²) >= 11 is 1.20. The van der Waals surface area contributed by atoms with Crippen LogP contribution in [0.2, 0.25) is 0 Å². The van der Waals surface area contributed by atoms with E-state index < -0.39 is 5.82 Å². The maximum atomic E-state index is 13.4. The van der Waals surface area contributed by atoms with Crippen LogP contribution in [0.1, 0.15) is 17.3 Å². The summed E-state index contributed by atoms with van der Waals surface area (Å²) in [5.41, 5.74) is 0.0977. The second-order valence-electron chi connectivity index (χ2n) is 3.47. The lowest BCUT2D eigenvalue weighted by Crippen LogP contribution is -2.07. The molecule has 0 radical (unpaired) electrons. The summed E-state index contributed by atoms with van der Waals surface area (Å²) in [5.74, 6) is -0.664. The van der Waals surface area contributed by atoms with E-state index in [0.29, 0.717) is 11.7 Å². The molecule has 0 unspecified atom stereocenters. The molecule has 1 aromatic heterocycles. The lowest BCUT2D eigenvalue weighted by molar-refractivity contribution is 0.101. The van der Waals surface area contributed by atoms with Gasteiger partial charge in [0.1, 0.15) is 5.82 Å². The first-order valence-corrected chi connectivity index (χ1v) is 6.37. The summed E-state index contributed by atoms with van der Waals surface area (Å²) in [4.78, 5) is 11.8. The van der Waals surface area contributed by atoms with Crippen molar-refractivity contribution < 1.29 is 9.18 Å². The third kappa shape index (κ3) is 2.73. The molecule has 5 nitrogen and oxygen atoms in total. The molecule has 0 aliphatic heterocycles. The average molecular weight is 266 g/mol. The van der Waals surface area contributed by atoms with E-state index in [4.69, 9.17) is 0 Å². The standard InChI is InChI=1S/C11H11FN4OS/c1-2-16-11(13-14-15-16)18-7-10(17)8-5-3-4-6-9(8)12/h3-6H,2,7H2,1H3. The van der Waals surface area contributed by atoms with Crippen LogP contribution in [0.25, 0.3) is 0 Å². The van der Waals surface area contributed by atoms with Gasteiger partial charge in [0.05, 0.1) is 11.3 Å². The van der Waals surface area contributed by atoms with Gasteiger partial charge >= 0.3 is 0 Å². The quantitative estimate of drug-likeness (QED) is 0.610. The highest BCUT2D eigenvalue weighted by Crippen LogP contribution is 2.17. The van der Waals surface area contributed by atoms with Gasteiger partial charge in [-0.3, -0.25) is 4.79 Å². The van der Waals surface area contributed by atoms with Crippen LogP contribution in [0.4, 0.5) is 4.39 Å². The molecule has 0 amide bonds. The van der Waals surface area contributed by atoms with Crippen LogP contribution in [0, 0.1) is 5.82 Å². The number of tetrazole rings is 1. The van der Waals surface area contributed by atoms with E-state index in [1.54, 1.807) is 16.8 Å². The molecule has 1 aromatic carbocycles. The largest absolute Gasteiger partial charge is 0.293 e. The lowest BCUT2D eigenvalue weighted by Gasteiger charge is -2.02. The van der Waals surface area contributed by atoms with E-state index in [9.17, 15) is 9.18 Å². The number of Topliss-reactive ketones (excluding diaryl/α,β-unsaturated/α-hetero) is 1. The smallest absolute Gasteiger partial charge is 0.209 e. The predicted molar refractivity (Wildman–Crippen MR) is 64.9 cm³/mol. The first-order chi connectivity index (χ1) is 8.72. The molecule has 0 aliphatic carbocycles. The van der Waals surface area contributed by atoms with Crippen molar-refractivity contribution >= 4 is 17.5 Å². The molecule has 18 heavy (non-hydrogen) atoms. The third-order valence-corrected chi connectivity index (χ3v) is 3.26. The minimum Gasteiger partial charge on any atom is -0.293 e. The number of carbonyl (C=O) groups excluding carboxylic acids is 1. The summed E-state index contributed by atoms with van der Waals surface area (Å²) in [6, 6.07) is 5.93. The number of aryl methyl sites for hydroxylation is 1. The molecule has 7 heteroatoms. The van der Waals surface area contributed by atoms with Gasteiger partial charge in [-0.25, -0.2) is 9.07 Å². The summed E-state index contributed by atoms with van der Waals surface area (Å²) in [7, 11) is 0. The van der Waals surface area contributed by atoms with Crippen LogP contribution in [0.3, 0.4) is 0 Å². The number of rotatable bonds is 5. The van der Waals surface area contributed by atoms with Crippen LogP contribution < -0.4 is 0 Å². The fraction of sp³-hybridized carbons (Fsp3) is 0.273. The molecule has 0 atom stereocenters. The molecule has 0 aliphatic rings. The molecule has 0 bridgehead atoms. The number of benzene rings is 1. The zero-order chi connectivity index (χ0) is 13.0. The second-order valence-corrected chi connectivity index (χ2v) is 4.41. The molecule has 0 N–H and O–H groups in total. The summed E-state index contributed by atoms with van der Waals surface area (Å²) in [6.07, 6.45) is 0. The molecule has 2 aromatic rings. The Morgan fingerprint density at radius 2 is 2.22 bits per heavy atom. The first-order valence-electron chi connectivity index (χ1n) is 5.39. The van der Waals surface area contributed by atoms with Gasteiger partial charge < -0.3 is 0 Å². The van der Waals surface area contributed by atoms with E-state index in [-0.39, 0.29) is 17.1 Å². The normalized spacial score (nSPS) is 10.6. The Balaban J connectivity index is 2.03. The van der Waals surface area contributed by atoms with Crippen molar-refractivity contribution in [1.82, 2.24) is 20.2 Å². The Labute approximate surface area is 107 Å². The van der Waals surface area contributed by atoms with Crippen molar-refractivity contribution in [3.8, 4) is 0 Å². The van der Waals surface area contributed by atoms with Crippen molar-refractivity contribution in [1.29, 1.82) is 0 Å².